The SMILES string of the molecule is CCOc1ccc(-n2cc(-c3ccccc3)c3c(N4CC(C)OC(C)C4)ncnc32)cc1. The van der Waals surface area contributed by atoms with Crippen LogP contribution < -0.4 is 9.64 Å². The predicted octanol–water partition coefficient (Wildman–Crippen LogP) is 5.10. The second-order valence-electron chi connectivity index (χ2n) is 8.26. The van der Waals surface area contributed by atoms with Crippen LogP contribution in [0.4, 0.5) is 5.82 Å². The Morgan fingerprint density at radius 2 is 1.69 bits per heavy atom. The number of morpholine rings is 1. The highest BCUT2D eigenvalue weighted by molar-refractivity contribution is 6.02. The third kappa shape index (κ3) is 3.82. The summed E-state index contributed by atoms with van der Waals surface area (Å²) < 4.78 is 13.7. The molecule has 4 aromatic rings. The molecule has 0 radical (unpaired) electrons. The Morgan fingerprint density at radius 1 is 0.969 bits per heavy atom. The zero-order chi connectivity index (χ0) is 22.1. The highest BCUT2D eigenvalue weighted by Gasteiger charge is 2.27. The fourth-order valence-electron chi connectivity index (χ4n) is 4.54. The van der Waals surface area contributed by atoms with E-state index in [0.717, 1.165) is 52.5 Å². The third-order valence-electron chi connectivity index (χ3n) is 5.79. The molecule has 5 rings (SSSR count). The van der Waals surface area contributed by atoms with Gasteiger partial charge in [-0.15, -0.1) is 0 Å². The standard InChI is InChI=1S/C26H28N4O2/c1-4-31-22-12-10-21(11-13-22)30-16-23(20-8-6-5-7-9-20)24-25(27-17-28-26(24)30)29-14-18(2)32-19(3)15-29/h5-13,16-19H,4,14-15H2,1-3H3. The number of benzene rings is 2. The highest BCUT2D eigenvalue weighted by Crippen LogP contribution is 2.37. The van der Waals surface area contributed by atoms with Crippen LogP contribution in [0.3, 0.4) is 0 Å². The highest BCUT2D eigenvalue weighted by atomic mass is 16.5. The van der Waals surface area contributed by atoms with Gasteiger partial charge < -0.3 is 18.9 Å². The second kappa shape index (κ2) is 8.63. The molecule has 2 unspecified atom stereocenters. The number of rotatable bonds is 5. The zero-order valence-corrected chi connectivity index (χ0v) is 18.7. The molecule has 0 saturated carbocycles. The van der Waals surface area contributed by atoms with Gasteiger partial charge in [-0.25, -0.2) is 9.97 Å². The van der Waals surface area contributed by atoms with E-state index in [9.17, 15) is 0 Å². The van der Waals surface area contributed by atoms with Crippen molar-refractivity contribution in [2.24, 2.45) is 0 Å². The molecular formula is C26H28N4O2. The number of ether oxygens (including phenoxy) is 2. The minimum atomic E-state index is 0.150. The van der Waals surface area contributed by atoms with Crippen LogP contribution in [0.25, 0.3) is 27.8 Å². The number of anilines is 1. The van der Waals surface area contributed by atoms with E-state index in [0.29, 0.717) is 6.61 Å². The third-order valence-corrected chi connectivity index (χ3v) is 5.79. The number of aromatic nitrogens is 3. The number of fused-ring (bicyclic) bond motifs is 1. The van der Waals surface area contributed by atoms with Crippen molar-refractivity contribution in [1.82, 2.24) is 14.5 Å². The van der Waals surface area contributed by atoms with Crippen molar-refractivity contribution in [3.8, 4) is 22.6 Å². The van der Waals surface area contributed by atoms with Crippen LogP contribution in [0.2, 0.25) is 0 Å². The molecule has 164 valence electrons. The molecule has 1 aliphatic rings. The maximum Gasteiger partial charge on any atom is 0.150 e. The molecule has 32 heavy (non-hydrogen) atoms. The maximum absolute atomic E-state index is 5.97. The van der Waals surface area contributed by atoms with Crippen molar-refractivity contribution in [2.45, 2.75) is 33.0 Å². The average Bonchev–Trinajstić information content (AvgIpc) is 3.20. The molecule has 3 heterocycles. The zero-order valence-electron chi connectivity index (χ0n) is 18.7. The molecule has 1 aliphatic heterocycles. The van der Waals surface area contributed by atoms with Crippen molar-refractivity contribution in [2.75, 3.05) is 24.6 Å². The van der Waals surface area contributed by atoms with Gasteiger partial charge in [0.15, 0.2) is 5.65 Å². The van der Waals surface area contributed by atoms with Gasteiger partial charge in [0.2, 0.25) is 0 Å². The van der Waals surface area contributed by atoms with E-state index < -0.39 is 0 Å². The molecule has 0 amide bonds. The summed E-state index contributed by atoms with van der Waals surface area (Å²) in [6.45, 7) is 8.48. The summed E-state index contributed by atoms with van der Waals surface area (Å²) in [4.78, 5) is 11.8. The topological polar surface area (TPSA) is 52.4 Å². The summed E-state index contributed by atoms with van der Waals surface area (Å²) in [5.74, 6) is 1.82. The molecule has 0 spiro atoms. The van der Waals surface area contributed by atoms with Crippen molar-refractivity contribution >= 4 is 16.9 Å². The van der Waals surface area contributed by atoms with Crippen LogP contribution >= 0.6 is 0 Å². The second-order valence-corrected chi connectivity index (χ2v) is 8.26. The molecule has 2 atom stereocenters. The lowest BCUT2D eigenvalue weighted by Gasteiger charge is -2.36. The van der Waals surface area contributed by atoms with E-state index in [1.165, 1.54) is 0 Å². The van der Waals surface area contributed by atoms with Gasteiger partial charge in [0.25, 0.3) is 0 Å². The Labute approximate surface area is 188 Å². The van der Waals surface area contributed by atoms with Crippen molar-refractivity contribution in [1.29, 1.82) is 0 Å². The Hall–Kier alpha value is -3.38. The molecule has 0 N–H and O–H groups in total. The van der Waals surface area contributed by atoms with Gasteiger partial charge in [-0.05, 0) is 50.6 Å². The molecule has 0 bridgehead atoms. The summed E-state index contributed by atoms with van der Waals surface area (Å²) in [5.41, 5.74) is 4.20. The lowest BCUT2D eigenvalue weighted by molar-refractivity contribution is -0.00537. The van der Waals surface area contributed by atoms with Gasteiger partial charge in [-0.2, -0.15) is 0 Å². The van der Waals surface area contributed by atoms with Crippen LogP contribution in [0.15, 0.2) is 67.1 Å². The molecule has 1 saturated heterocycles. The largest absolute Gasteiger partial charge is 0.494 e. The van der Waals surface area contributed by atoms with Gasteiger partial charge in [-0.1, -0.05) is 30.3 Å². The Morgan fingerprint density at radius 3 is 2.38 bits per heavy atom. The number of nitrogens with zero attached hydrogens (tertiary/aromatic N) is 4. The van der Waals surface area contributed by atoms with E-state index in [4.69, 9.17) is 19.4 Å². The van der Waals surface area contributed by atoms with Crippen molar-refractivity contribution < 1.29 is 9.47 Å². The quantitative estimate of drug-likeness (QED) is 0.443. The van der Waals surface area contributed by atoms with Gasteiger partial charge in [0.05, 0.1) is 24.2 Å². The lowest BCUT2D eigenvalue weighted by Crippen LogP contribution is -2.46. The molecule has 2 aromatic carbocycles. The van der Waals surface area contributed by atoms with Crippen LogP contribution in [0.1, 0.15) is 20.8 Å². The van der Waals surface area contributed by atoms with Gasteiger partial charge in [0.1, 0.15) is 17.9 Å². The van der Waals surface area contributed by atoms with Crippen LogP contribution in [-0.2, 0) is 4.74 Å². The lowest BCUT2D eigenvalue weighted by atomic mass is 10.1. The summed E-state index contributed by atoms with van der Waals surface area (Å²) in [5, 5.41) is 1.06. The monoisotopic (exact) mass is 428 g/mol. The first-order valence-corrected chi connectivity index (χ1v) is 11.2. The smallest absolute Gasteiger partial charge is 0.150 e. The first-order chi connectivity index (χ1) is 15.6. The van der Waals surface area contributed by atoms with Crippen LogP contribution in [0.5, 0.6) is 5.75 Å². The molecule has 1 fully saturated rings. The van der Waals surface area contributed by atoms with Gasteiger partial charge in [0, 0.05) is 30.5 Å². The predicted molar refractivity (Wildman–Crippen MR) is 128 cm³/mol. The fraction of sp³-hybridized carbons (Fsp3) is 0.308. The normalized spacial score (nSPS) is 18.8. The van der Waals surface area contributed by atoms with Crippen LogP contribution in [0, 0.1) is 0 Å². The van der Waals surface area contributed by atoms with E-state index in [2.05, 4.69) is 65.9 Å². The molecular weight excluding hydrogens is 400 g/mol. The van der Waals surface area contributed by atoms with E-state index in [1.54, 1.807) is 6.33 Å². The average molecular weight is 429 g/mol. The fourth-order valence-corrected chi connectivity index (χ4v) is 4.54. The van der Waals surface area contributed by atoms with E-state index >= 15 is 0 Å². The molecule has 2 aromatic heterocycles. The van der Waals surface area contributed by atoms with Crippen molar-refractivity contribution in [3.05, 3.63) is 67.1 Å². The maximum atomic E-state index is 5.97. The molecule has 0 aliphatic carbocycles. The van der Waals surface area contributed by atoms with E-state index in [1.807, 2.05) is 25.1 Å². The Balaban J connectivity index is 1.70. The van der Waals surface area contributed by atoms with Gasteiger partial charge >= 0.3 is 0 Å². The first-order valence-electron chi connectivity index (χ1n) is 11.2. The minimum Gasteiger partial charge on any atom is -0.494 e. The number of hydrogen-bond donors (Lipinski definition) is 0. The Bertz CT molecular complexity index is 1190. The summed E-state index contributed by atoms with van der Waals surface area (Å²) in [7, 11) is 0. The first kappa shape index (κ1) is 20.5. The summed E-state index contributed by atoms with van der Waals surface area (Å²) in [6, 6.07) is 18.6. The van der Waals surface area contributed by atoms with Crippen LogP contribution in [-0.4, -0.2) is 46.4 Å². The van der Waals surface area contributed by atoms with Crippen molar-refractivity contribution in [3.63, 3.8) is 0 Å². The molecule has 6 nitrogen and oxygen atoms in total. The minimum absolute atomic E-state index is 0.150. The Kier molecular flexibility index (Phi) is 5.53. The number of hydrogen-bond acceptors (Lipinski definition) is 5. The van der Waals surface area contributed by atoms with E-state index in [-0.39, 0.29) is 12.2 Å². The summed E-state index contributed by atoms with van der Waals surface area (Å²) >= 11 is 0. The van der Waals surface area contributed by atoms with Gasteiger partial charge in [-0.3, -0.25) is 0 Å². The summed E-state index contributed by atoms with van der Waals surface area (Å²) in [6.07, 6.45) is 4.14. The molecule has 6 heteroatoms.